The monoisotopic (exact) mass is 458 g/mol. The molecule has 1 heterocycles. The van der Waals surface area contributed by atoms with Gasteiger partial charge < -0.3 is 0 Å². The fraction of sp³-hybridized carbons (Fsp3) is 0.806. The van der Waals surface area contributed by atoms with Crippen molar-refractivity contribution in [3.05, 3.63) is 30.6 Å². The standard InChI is InChI=1S/C31H56NO/c1-3-5-7-9-11-12-14-15-18-24-30(25-20-23-29-32-27-21-17-22-28-32)31(33)26-19-16-13-10-8-6-4-2/h17,21-22,27-28,30H,3-16,18-20,23-26,29H2,1-2H3/q+1. The molecule has 0 bridgehead atoms. The van der Waals surface area contributed by atoms with Gasteiger partial charge in [0.25, 0.3) is 0 Å². The molecule has 0 saturated carbocycles. The van der Waals surface area contributed by atoms with Crippen molar-refractivity contribution in [3.63, 3.8) is 0 Å². The number of pyridine rings is 1. The molecule has 0 aliphatic carbocycles. The fourth-order valence-electron chi connectivity index (χ4n) is 4.90. The van der Waals surface area contributed by atoms with E-state index in [4.69, 9.17) is 0 Å². The Hall–Kier alpha value is -1.18. The molecule has 0 amide bonds. The van der Waals surface area contributed by atoms with Crippen LogP contribution in [0.3, 0.4) is 0 Å². The molecule has 1 atom stereocenters. The first-order chi connectivity index (χ1) is 16.3. The van der Waals surface area contributed by atoms with Crippen LogP contribution in [-0.2, 0) is 11.3 Å². The average molecular weight is 459 g/mol. The number of ketones is 1. The highest BCUT2D eigenvalue weighted by Gasteiger charge is 2.17. The van der Waals surface area contributed by atoms with Gasteiger partial charge in [0.1, 0.15) is 12.3 Å². The van der Waals surface area contributed by atoms with Gasteiger partial charge in [-0.3, -0.25) is 4.79 Å². The second-order valence-electron chi connectivity index (χ2n) is 10.3. The Balaban J connectivity index is 2.25. The summed E-state index contributed by atoms with van der Waals surface area (Å²) in [6.07, 6.45) is 31.0. The van der Waals surface area contributed by atoms with Crippen molar-refractivity contribution in [2.45, 2.75) is 155 Å². The molecule has 190 valence electrons. The van der Waals surface area contributed by atoms with E-state index < -0.39 is 0 Å². The smallest absolute Gasteiger partial charge is 0.168 e. The minimum absolute atomic E-state index is 0.315. The average Bonchev–Trinajstić information content (AvgIpc) is 2.84. The van der Waals surface area contributed by atoms with Gasteiger partial charge in [-0.15, -0.1) is 0 Å². The number of Topliss-reactive ketones (excluding diaryl/α,β-unsaturated/α-hetero) is 1. The van der Waals surface area contributed by atoms with Gasteiger partial charge >= 0.3 is 0 Å². The number of carbonyl (C=O) groups is 1. The quantitative estimate of drug-likeness (QED) is 0.112. The van der Waals surface area contributed by atoms with E-state index in [9.17, 15) is 4.79 Å². The summed E-state index contributed by atoms with van der Waals surface area (Å²) in [6.45, 7) is 5.62. The van der Waals surface area contributed by atoms with Gasteiger partial charge in [-0.2, -0.15) is 0 Å². The number of hydrogen-bond acceptors (Lipinski definition) is 1. The van der Waals surface area contributed by atoms with Crippen LogP contribution in [0, 0.1) is 5.92 Å². The molecule has 0 aliphatic rings. The molecule has 1 unspecified atom stereocenters. The number of hydrogen-bond donors (Lipinski definition) is 0. The molecule has 0 radical (unpaired) electrons. The summed E-state index contributed by atoms with van der Waals surface area (Å²) in [5.41, 5.74) is 0. The van der Waals surface area contributed by atoms with E-state index in [1.54, 1.807) is 0 Å². The summed E-state index contributed by atoms with van der Waals surface area (Å²) < 4.78 is 2.26. The summed E-state index contributed by atoms with van der Waals surface area (Å²) in [6, 6.07) is 6.26. The topological polar surface area (TPSA) is 20.9 Å². The Kier molecular flexibility index (Phi) is 20.4. The van der Waals surface area contributed by atoms with Crippen molar-refractivity contribution < 1.29 is 9.36 Å². The fourth-order valence-corrected chi connectivity index (χ4v) is 4.90. The molecule has 0 fully saturated rings. The molecule has 0 aromatic carbocycles. The van der Waals surface area contributed by atoms with E-state index in [0.29, 0.717) is 11.7 Å². The highest BCUT2D eigenvalue weighted by Crippen LogP contribution is 2.22. The highest BCUT2D eigenvalue weighted by atomic mass is 16.1. The molecular weight excluding hydrogens is 402 g/mol. The number of carbonyl (C=O) groups excluding carboxylic acids is 1. The van der Waals surface area contributed by atoms with Gasteiger partial charge in [0.2, 0.25) is 0 Å². The van der Waals surface area contributed by atoms with E-state index >= 15 is 0 Å². The van der Waals surface area contributed by atoms with Crippen molar-refractivity contribution in [1.82, 2.24) is 0 Å². The summed E-state index contributed by atoms with van der Waals surface area (Å²) in [5, 5.41) is 0. The number of aryl methyl sites for hydroxylation is 1. The number of nitrogens with zero attached hydrogens (tertiary/aromatic N) is 1. The van der Waals surface area contributed by atoms with Crippen LogP contribution >= 0.6 is 0 Å². The van der Waals surface area contributed by atoms with Gasteiger partial charge in [-0.05, 0) is 25.7 Å². The minimum Gasteiger partial charge on any atom is -0.299 e. The lowest BCUT2D eigenvalue weighted by molar-refractivity contribution is -0.697. The summed E-state index contributed by atoms with van der Waals surface area (Å²) in [7, 11) is 0. The normalized spacial score (nSPS) is 12.2. The molecule has 0 N–H and O–H groups in total. The Morgan fingerprint density at radius 1 is 0.576 bits per heavy atom. The molecule has 1 aromatic heterocycles. The summed E-state index contributed by atoms with van der Waals surface area (Å²) in [5.74, 6) is 0.880. The second-order valence-corrected chi connectivity index (χ2v) is 10.3. The molecule has 1 aromatic rings. The first-order valence-electron chi connectivity index (χ1n) is 14.7. The van der Waals surface area contributed by atoms with Crippen LogP contribution in [0.15, 0.2) is 30.6 Å². The Morgan fingerprint density at radius 2 is 1.03 bits per heavy atom. The predicted molar refractivity (Wildman–Crippen MR) is 143 cm³/mol. The lowest BCUT2D eigenvalue weighted by Crippen LogP contribution is -2.32. The minimum atomic E-state index is 0.315. The van der Waals surface area contributed by atoms with Crippen molar-refractivity contribution in [2.75, 3.05) is 0 Å². The lowest BCUT2D eigenvalue weighted by Gasteiger charge is -2.16. The van der Waals surface area contributed by atoms with Gasteiger partial charge in [0.05, 0.1) is 0 Å². The SMILES string of the molecule is CCCCCCCCCCCC(CCCC[n+]1ccccc1)C(=O)CCCCCCCCC. The van der Waals surface area contributed by atoms with Crippen molar-refractivity contribution in [2.24, 2.45) is 5.92 Å². The van der Waals surface area contributed by atoms with Crippen LogP contribution in [0.1, 0.15) is 149 Å². The summed E-state index contributed by atoms with van der Waals surface area (Å²) >= 11 is 0. The maximum Gasteiger partial charge on any atom is 0.168 e. The zero-order chi connectivity index (χ0) is 23.8. The molecule has 2 heteroatoms. The van der Waals surface area contributed by atoms with Crippen LogP contribution in [-0.4, -0.2) is 5.78 Å². The lowest BCUT2D eigenvalue weighted by atomic mass is 9.88. The van der Waals surface area contributed by atoms with Crippen LogP contribution in [0.25, 0.3) is 0 Å². The van der Waals surface area contributed by atoms with E-state index in [1.807, 2.05) is 0 Å². The maximum absolute atomic E-state index is 13.0. The van der Waals surface area contributed by atoms with Crippen molar-refractivity contribution in [3.8, 4) is 0 Å². The van der Waals surface area contributed by atoms with E-state index in [0.717, 1.165) is 32.2 Å². The van der Waals surface area contributed by atoms with Gasteiger partial charge in [0, 0.05) is 30.9 Å². The molecule has 1 rings (SSSR count). The first kappa shape index (κ1) is 29.9. The maximum atomic E-state index is 13.0. The molecule has 0 saturated heterocycles. The number of rotatable bonds is 24. The van der Waals surface area contributed by atoms with Crippen LogP contribution in [0.4, 0.5) is 0 Å². The van der Waals surface area contributed by atoms with E-state index in [1.165, 1.54) is 109 Å². The van der Waals surface area contributed by atoms with Gasteiger partial charge in [-0.1, -0.05) is 116 Å². The molecular formula is C31H56NO+. The number of unbranched alkanes of at least 4 members (excludes halogenated alkanes) is 15. The predicted octanol–water partition coefficient (Wildman–Crippen LogP) is 9.39. The third-order valence-electron chi connectivity index (χ3n) is 7.13. The molecule has 33 heavy (non-hydrogen) atoms. The zero-order valence-corrected chi connectivity index (χ0v) is 22.4. The van der Waals surface area contributed by atoms with Gasteiger partial charge in [-0.25, -0.2) is 4.57 Å². The molecule has 0 spiro atoms. The van der Waals surface area contributed by atoms with Crippen LogP contribution in [0.2, 0.25) is 0 Å². The van der Waals surface area contributed by atoms with E-state index in [-0.39, 0.29) is 0 Å². The number of aromatic nitrogens is 1. The van der Waals surface area contributed by atoms with Crippen molar-refractivity contribution >= 4 is 5.78 Å². The third kappa shape index (κ3) is 17.9. The Bertz CT molecular complexity index is 541. The zero-order valence-electron chi connectivity index (χ0n) is 22.4. The Labute approximate surface area is 207 Å². The highest BCUT2D eigenvalue weighted by molar-refractivity contribution is 5.80. The van der Waals surface area contributed by atoms with Gasteiger partial charge in [0.15, 0.2) is 12.4 Å². The first-order valence-corrected chi connectivity index (χ1v) is 14.7. The second kappa shape index (κ2) is 22.6. The third-order valence-corrected chi connectivity index (χ3v) is 7.13. The Morgan fingerprint density at radius 3 is 1.58 bits per heavy atom. The molecule has 2 nitrogen and oxygen atoms in total. The van der Waals surface area contributed by atoms with Crippen molar-refractivity contribution in [1.29, 1.82) is 0 Å². The van der Waals surface area contributed by atoms with Crippen LogP contribution in [0.5, 0.6) is 0 Å². The molecule has 0 aliphatic heterocycles. The van der Waals surface area contributed by atoms with Crippen LogP contribution < -0.4 is 4.57 Å². The summed E-state index contributed by atoms with van der Waals surface area (Å²) in [4.78, 5) is 13.0. The largest absolute Gasteiger partial charge is 0.299 e. The van der Waals surface area contributed by atoms with E-state index in [2.05, 4.69) is 49.0 Å².